The van der Waals surface area contributed by atoms with Gasteiger partial charge >= 0.3 is 0 Å². The van der Waals surface area contributed by atoms with E-state index in [0.29, 0.717) is 6.54 Å². The molecule has 1 rings (SSSR count). The van der Waals surface area contributed by atoms with Crippen molar-refractivity contribution in [3.8, 4) is 0 Å². The molecule has 0 radical (unpaired) electrons. The second-order valence-corrected chi connectivity index (χ2v) is 3.21. The number of aliphatic hydroxyl groups is 2. The maximum Gasteiger partial charge on any atom is 0.0947 e. The molecule has 0 aromatic carbocycles. The Morgan fingerprint density at radius 1 is 1.21 bits per heavy atom. The first-order valence-electron chi connectivity index (χ1n) is 4.82. The van der Waals surface area contributed by atoms with Crippen LogP contribution in [-0.2, 0) is 6.54 Å². The third-order valence-electron chi connectivity index (χ3n) is 2.03. The lowest BCUT2D eigenvalue weighted by molar-refractivity contribution is 0.174. The number of nitrogens with zero attached hydrogens (tertiary/aromatic N) is 1. The van der Waals surface area contributed by atoms with Gasteiger partial charge in [0, 0.05) is 31.8 Å². The SMILES string of the molecule is OCCCN(CCO)Cc1ccoc1. The second kappa shape index (κ2) is 6.59. The predicted octanol–water partition coefficient (Wildman–Crippen LogP) is 0.456. The summed E-state index contributed by atoms with van der Waals surface area (Å²) in [7, 11) is 0. The first-order chi connectivity index (χ1) is 6.86. The normalized spacial score (nSPS) is 11.1. The van der Waals surface area contributed by atoms with Crippen LogP contribution in [0, 0.1) is 0 Å². The van der Waals surface area contributed by atoms with E-state index >= 15 is 0 Å². The summed E-state index contributed by atoms with van der Waals surface area (Å²) in [5.41, 5.74) is 1.09. The first kappa shape index (κ1) is 11.2. The highest BCUT2D eigenvalue weighted by molar-refractivity contribution is 5.04. The van der Waals surface area contributed by atoms with E-state index in [2.05, 4.69) is 4.90 Å². The van der Waals surface area contributed by atoms with Crippen molar-refractivity contribution in [2.75, 3.05) is 26.3 Å². The minimum absolute atomic E-state index is 0.142. The Bertz CT molecular complexity index is 223. The van der Waals surface area contributed by atoms with Crippen LogP contribution in [0.3, 0.4) is 0 Å². The van der Waals surface area contributed by atoms with E-state index in [-0.39, 0.29) is 13.2 Å². The van der Waals surface area contributed by atoms with Crippen LogP contribution in [0.5, 0.6) is 0 Å². The van der Waals surface area contributed by atoms with Gasteiger partial charge in [0.2, 0.25) is 0 Å². The molecule has 4 heteroatoms. The van der Waals surface area contributed by atoms with Gasteiger partial charge in [0.05, 0.1) is 19.1 Å². The van der Waals surface area contributed by atoms with Crippen LogP contribution in [-0.4, -0.2) is 41.4 Å². The number of aliphatic hydroxyl groups excluding tert-OH is 2. The first-order valence-corrected chi connectivity index (χ1v) is 4.82. The molecule has 0 spiro atoms. The van der Waals surface area contributed by atoms with Crippen LogP contribution < -0.4 is 0 Å². The van der Waals surface area contributed by atoms with Crippen molar-refractivity contribution in [1.82, 2.24) is 4.90 Å². The standard InChI is InChI=1S/C10H17NO3/c12-5-1-3-11(4-6-13)8-10-2-7-14-9-10/h2,7,9,12-13H,1,3-6,8H2. The van der Waals surface area contributed by atoms with Gasteiger partial charge in [0.25, 0.3) is 0 Å². The highest BCUT2D eigenvalue weighted by atomic mass is 16.3. The maximum absolute atomic E-state index is 8.84. The number of furan rings is 1. The number of hydrogen-bond acceptors (Lipinski definition) is 4. The lowest BCUT2D eigenvalue weighted by Crippen LogP contribution is -2.27. The zero-order valence-electron chi connectivity index (χ0n) is 8.22. The molecule has 0 bridgehead atoms. The molecule has 0 aliphatic carbocycles. The molecule has 0 saturated heterocycles. The van der Waals surface area contributed by atoms with E-state index in [0.717, 1.165) is 25.1 Å². The Labute approximate surface area is 83.8 Å². The van der Waals surface area contributed by atoms with Gasteiger partial charge in [-0.15, -0.1) is 0 Å². The van der Waals surface area contributed by atoms with Gasteiger partial charge < -0.3 is 14.6 Å². The Hall–Kier alpha value is -0.840. The molecule has 4 nitrogen and oxygen atoms in total. The van der Waals surface area contributed by atoms with E-state index in [1.807, 2.05) is 6.07 Å². The van der Waals surface area contributed by atoms with E-state index < -0.39 is 0 Å². The molecule has 2 N–H and O–H groups in total. The molecular formula is C10H17NO3. The number of rotatable bonds is 7. The summed E-state index contributed by atoms with van der Waals surface area (Å²) in [6.45, 7) is 2.51. The highest BCUT2D eigenvalue weighted by Crippen LogP contribution is 2.05. The zero-order valence-corrected chi connectivity index (χ0v) is 8.22. The quantitative estimate of drug-likeness (QED) is 0.669. The Balaban J connectivity index is 2.34. The van der Waals surface area contributed by atoms with Crippen molar-refractivity contribution >= 4 is 0 Å². The van der Waals surface area contributed by atoms with Crippen LogP contribution >= 0.6 is 0 Å². The minimum Gasteiger partial charge on any atom is -0.472 e. The molecule has 0 aliphatic rings. The van der Waals surface area contributed by atoms with Crippen LogP contribution in [0.1, 0.15) is 12.0 Å². The third-order valence-corrected chi connectivity index (χ3v) is 2.03. The van der Waals surface area contributed by atoms with Gasteiger partial charge in [-0.1, -0.05) is 0 Å². The Morgan fingerprint density at radius 2 is 2.07 bits per heavy atom. The molecule has 0 unspecified atom stereocenters. The van der Waals surface area contributed by atoms with E-state index in [1.165, 1.54) is 0 Å². The highest BCUT2D eigenvalue weighted by Gasteiger charge is 2.05. The van der Waals surface area contributed by atoms with E-state index in [1.54, 1.807) is 12.5 Å². The van der Waals surface area contributed by atoms with Crippen LogP contribution in [0.4, 0.5) is 0 Å². The zero-order chi connectivity index (χ0) is 10.2. The maximum atomic E-state index is 8.84. The summed E-state index contributed by atoms with van der Waals surface area (Å²) in [5.74, 6) is 0. The monoisotopic (exact) mass is 199 g/mol. The predicted molar refractivity (Wildman–Crippen MR) is 52.8 cm³/mol. The van der Waals surface area contributed by atoms with Gasteiger partial charge in [0.1, 0.15) is 0 Å². The van der Waals surface area contributed by atoms with Crippen molar-refractivity contribution in [3.05, 3.63) is 24.2 Å². The average molecular weight is 199 g/mol. The van der Waals surface area contributed by atoms with Crippen molar-refractivity contribution < 1.29 is 14.6 Å². The summed E-state index contributed by atoms with van der Waals surface area (Å²) in [6.07, 6.45) is 4.07. The molecule has 1 aromatic heterocycles. The Kier molecular flexibility index (Phi) is 5.29. The molecule has 1 aromatic rings. The largest absolute Gasteiger partial charge is 0.472 e. The third kappa shape index (κ3) is 3.91. The molecule has 80 valence electrons. The van der Waals surface area contributed by atoms with E-state index in [4.69, 9.17) is 14.6 Å². The van der Waals surface area contributed by atoms with Crippen LogP contribution in [0.2, 0.25) is 0 Å². The fraction of sp³-hybridized carbons (Fsp3) is 0.600. The molecule has 0 aliphatic heterocycles. The fourth-order valence-corrected chi connectivity index (χ4v) is 1.35. The molecule has 0 amide bonds. The van der Waals surface area contributed by atoms with Crippen molar-refractivity contribution in [3.63, 3.8) is 0 Å². The van der Waals surface area contributed by atoms with E-state index in [9.17, 15) is 0 Å². The topological polar surface area (TPSA) is 56.8 Å². The van der Waals surface area contributed by atoms with Gasteiger partial charge in [-0.05, 0) is 12.5 Å². The van der Waals surface area contributed by atoms with Crippen molar-refractivity contribution in [2.24, 2.45) is 0 Å². The number of hydrogen-bond donors (Lipinski definition) is 2. The fourth-order valence-electron chi connectivity index (χ4n) is 1.35. The summed E-state index contributed by atoms with van der Waals surface area (Å²) in [6, 6.07) is 1.91. The smallest absolute Gasteiger partial charge is 0.0947 e. The lowest BCUT2D eigenvalue weighted by Gasteiger charge is -2.19. The molecule has 0 fully saturated rings. The molecular weight excluding hydrogens is 182 g/mol. The summed E-state index contributed by atoms with van der Waals surface area (Å²) < 4.78 is 4.96. The molecule has 1 heterocycles. The Morgan fingerprint density at radius 3 is 2.64 bits per heavy atom. The van der Waals surface area contributed by atoms with Crippen molar-refractivity contribution in [1.29, 1.82) is 0 Å². The van der Waals surface area contributed by atoms with Gasteiger partial charge in [0.15, 0.2) is 0 Å². The average Bonchev–Trinajstić information content (AvgIpc) is 2.67. The van der Waals surface area contributed by atoms with Gasteiger partial charge in [-0.2, -0.15) is 0 Å². The summed E-state index contributed by atoms with van der Waals surface area (Å²) >= 11 is 0. The second-order valence-electron chi connectivity index (χ2n) is 3.21. The van der Waals surface area contributed by atoms with Crippen LogP contribution in [0.25, 0.3) is 0 Å². The molecule has 0 atom stereocenters. The summed E-state index contributed by atoms with van der Waals surface area (Å²) in [4.78, 5) is 2.08. The van der Waals surface area contributed by atoms with Crippen LogP contribution in [0.15, 0.2) is 23.0 Å². The van der Waals surface area contributed by atoms with Gasteiger partial charge in [-0.3, -0.25) is 4.90 Å². The van der Waals surface area contributed by atoms with Gasteiger partial charge in [-0.25, -0.2) is 0 Å². The van der Waals surface area contributed by atoms with Crippen molar-refractivity contribution in [2.45, 2.75) is 13.0 Å². The molecule has 14 heavy (non-hydrogen) atoms. The minimum atomic E-state index is 0.142. The summed E-state index contributed by atoms with van der Waals surface area (Å²) in [5, 5.41) is 17.5. The molecule has 0 saturated carbocycles. The lowest BCUT2D eigenvalue weighted by atomic mass is 10.3.